The van der Waals surface area contributed by atoms with Crippen molar-refractivity contribution in [3.8, 4) is 11.4 Å². The number of anilines is 1. The van der Waals surface area contributed by atoms with Crippen LogP contribution < -0.4 is 5.32 Å². The molecule has 3 aromatic rings. The summed E-state index contributed by atoms with van der Waals surface area (Å²) in [4.78, 5) is 22.2. The summed E-state index contributed by atoms with van der Waals surface area (Å²) in [6, 6.07) is 13.1. The van der Waals surface area contributed by atoms with Crippen molar-refractivity contribution >= 4 is 21.6 Å². The van der Waals surface area contributed by atoms with Crippen molar-refractivity contribution < 1.29 is 17.7 Å². The molecule has 0 bridgehead atoms. The van der Waals surface area contributed by atoms with Crippen molar-refractivity contribution in [1.82, 2.24) is 24.2 Å². The van der Waals surface area contributed by atoms with Crippen molar-refractivity contribution in [3.05, 3.63) is 59.5 Å². The third-order valence-electron chi connectivity index (χ3n) is 7.71. The second-order valence-electron chi connectivity index (χ2n) is 10.6. The van der Waals surface area contributed by atoms with E-state index >= 15 is 0 Å². The van der Waals surface area contributed by atoms with Crippen LogP contribution in [-0.2, 0) is 21.4 Å². The normalized spacial score (nSPS) is 18.3. The van der Waals surface area contributed by atoms with Crippen LogP contribution in [0, 0.1) is 19.8 Å². The van der Waals surface area contributed by atoms with Gasteiger partial charge in [-0.3, -0.25) is 9.69 Å². The Morgan fingerprint density at radius 3 is 2.44 bits per heavy atom. The minimum Gasteiger partial charge on any atom is -0.338 e. The zero-order valence-corrected chi connectivity index (χ0v) is 23.6. The maximum absolute atomic E-state index is 13.3. The summed E-state index contributed by atoms with van der Waals surface area (Å²) >= 11 is 0. The van der Waals surface area contributed by atoms with Crippen LogP contribution >= 0.6 is 0 Å². The standard InChI is InChI=1S/C28H36N6O4S/c1-20-6-4-5-7-24(20)27-30-26(38-31-27)19-33-12-10-22(11-13-33)28(35)29-23-9-8-21(2)25(18-23)39(36,37)34-16-14-32(3)15-17-34/h4-9,18,22H,10-17,19H2,1-3H3,(H,29,35). The molecule has 2 aliphatic rings. The molecule has 1 amide bonds. The highest BCUT2D eigenvalue weighted by molar-refractivity contribution is 7.89. The maximum atomic E-state index is 13.3. The monoisotopic (exact) mass is 552 g/mol. The highest BCUT2D eigenvalue weighted by Crippen LogP contribution is 2.27. The number of carbonyl (C=O) groups is 1. The topological polar surface area (TPSA) is 112 Å². The minimum absolute atomic E-state index is 0.0823. The van der Waals surface area contributed by atoms with Gasteiger partial charge < -0.3 is 14.7 Å². The molecule has 2 fully saturated rings. The largest absolute Gasteiger partial charge is 0.338 e. The van der Waals surface area contributed by atoms with E-state index in [0.29, 0.717) is 68.5 Å². The highest BCUT2D eigenvalue weighted by atomic mass is 32.2. The Labute approximate surface area is 230 Å². The van der Waals surface area contributed by atoms with E-state index in [1.54, 1.807) is 25.1 Å². The number of likely N-dealkylation sites (tertiary alicyclic amines) is 1. The number of piperidine rings is 1. The first-order chi connectivity index (χ1) is 18.7. The molecular weight excluding hydrogens is 516 g/mol. The number of carbonyl (C=O) groups excluding carboxylic acids is 1. The molecular formula is C28H36N6O4S. The molecule has 5 rings (SSSR count). The van der Waals surface area contributed by atoms with Crippen molar-refractivity contribution in [2.24, 2.45) is 5.92 Å². The number of sulfonamides is 1. The molecule has 0 radical (unpaired) electrons. The van der Waals surface area contributed by atoms with E-state index in [0.717, 1.165) is 24.2 Å². The molecule has 0 atom stereocenters. The zero-order chi connectivity index (χ0) is 27.6. The van der Waals surface area contributed by atoms with Gasteiger partial charge in [-0.05, 0) is 70.1 Å². The Morgan fingerprint density at radius 2 is 1.72 bits per heavy atom. The summed E-state index contributed by atoms with van der Waals surface area (Å²) in [5.74, 6) is 0.918. The minimum atomic E-state index is -3.63. The molecule has 2 saturated heterocycles. The number of nitrogens with zero attached hydrogens (tertiary/aromatic N) is 5. The lowest BCUT2D eigenvalue weighted by molar-refractivity contribution is -0.121. The van der Waals surface area contributed by atoms with E-state index < -0.39 is 10.0 Å². The predicted octanol–water partition coefficient (Wildman–Crippen LogP) is 3.14. The number of benzene rings is 2. The zero-order valence-electron chi connectivity index (χ0n) is 22.8. The number of hydrogen-bond donors (Lipinski definition) is 1. The van der Waals surface area contributed by atoms with Gasteiger partial charge in [0.2, 0.25) is 27.6 Å². The van der Waals surface area contributed by atoms with Crippen LogP contribution in [0.3, 0.4) is 0 Å². The Bertz CT molecular complexity index is 1420. The van der Waals surface area contributed by atoms with E-state index in [1.807, 2.05) is 38.2 Å². The maximum Gasteiger partial charge on any atom is 0.243 e. The van der Waals surface area contributed by atoms with Crippen molar-refractivity contribution in [1.29, 1.82) is 0 Å². The molecule has 1 aromatic heterocycles. The fourth-order valence-electron chi connectivity index (χ4n) is 5.16. The van der Waals surface area contributed by atoms with Crippen molar-refractivity contribution in [2.75, 3.05) is 51.6 Å². The van der Waals surface area contributed by atoms with Crippen LogP contribution in [0.1, 0.15) is 29.9 Å². The fourth-order valence-corrected chi connectivity index (χ4v) is 6.84. The smallest absolute Gasteiger partial charge is 0.243 e. The summed E-state index contributed by atoms with van der Waals surface area (Å²) < 4.78 is 33.6. The van der Waals surface area contributed by atoms with Gasteiger partial charge in [0, 0.05) is 43.3 Å². The Kier molecular flexibility index (Phi) is 8.13. The average Bonchev–Trinajstić information content (AvgIpc) is 3.38. The molecule has 0 unspecified atom stereocenters. The molecule has 2 aliphatic heterocycles. The number of hydrogen-bond acceptors (Lipinski definition) is 8. The summed E-state index contributed by atoms with van der Waals surface area (Å²) in [6.45, 7) is 8.14. The molecule has 39 heavy (non-hydrogen) atoms. The Hall–Kier alpha value is -3.12. The van der Waals surface area contributed by atoms with Crippen molar-refractivity contribution in [3.63, 3.8) is 0 Å². The van der Waals surface area contributed by atoms with Gasteiger partial charge in [0.1, 0.15) is 0 Å². The van der Waals surface area contributed by atoms with Crippen LogP contribution in [-0.4, -0.2) is 84.9 Å². The van der Waals surface area contributed by atoms with E-state index in [2.05, 4.69) is 25.3 Å². The summed E-state index contributed by atoms with van der Waals surface area (Å²) in [6.07, 6.45) is 1.39. The van der Waals surface area contributed by atoms with Crippen LogP contribution in [0.25, 0.3) is 11.4 Å². The van der Waals surface area contributed by atoms with E-state index in [9.17, 15) is 13.2 Å². The summed E-state index contributed by atoms with van der Waals surface area (Å²) in [5.41, 5.74) is 3.23. The van der Waals surface area contributed by atoms with Crippen LogP contribution in [0.2, 0.25) is 0 Å². The number of rotatable bonds is 7. The second kappa shape index (κ2) is 11.5. The van der Waals surface area contributed by atoms with E-state index in [4.69, 9.17) is 4.52 Å². The van der Waals surface area contributed by atoms with Gasteiger partial charge in [-0.25, -0.2) is 8.42 Å². The number of nitrogens with one attached hydrogen (secondary N) is 1. The number of likely N-dealkylation sites (N-methyl/N-ethyl adjacent to an activating group) is 1. The first-order valence-corrected chi connectivity index (χ1v) is 14.9. The van der Waals surface area contributed by atoms with Gasteiger partial charge in [0.15, 0.2) is 0 Å². The fraction of sp³-hybridized carbons (Fsp3) is 0.464. The third-order valence-corrected chi connectivity index (χ3v) is 9.75. The van der Waals surface area contributed by atoms with Gasteiger partial charge in [0.05, 0.1) is 11.4 Å². The van der Waals surface area contributed by atoms with Crippen molar-refractivity contribution in [2.45, 2.75) is 38.1 Å². The average molecular weight is 553 g/mol. The third kappa shape index (κ3) is 6.22. The Morgan fingerprint density at radius 1 is 1.00 bits per heavy atom. The van der Waals surface area contributed by atoms with Crippen LogP contribution in [0.15, 0.2) is 51.9 Å². The van der Waals surface area contributed by atoms with E-state index in [-0.39, 0.29) is 16.7 Å². The second-order valence-corrected chi connectivity index (χ2v) is 12.5. The molecule has 208 valence electrons. The number of amides is 1. The summed E-state index contributed by atoms with van der Waals surface area (Å²) in [5, 5.41) is 7.10. The first kappa shape index (κ1) is 27.4. The van der Waals surface area contributed by atoms with E-state index in [1.165, 1.54) is 4.31 Å². The molecule has 0 saturated carbocycles. The molecule has 10 nitrogen and oxygen atoms in total. The van der Waals surface area contributed by atoms with Crippen LogP contribution in [0.4, 0.5) is 5.69 Å². The first-order valence-electron chi connectivity index (χ1n) is 13.4. The lowest BCUT2D eigenvalue weighted by atomic mass is 9.96. The lowest BCUT2D eigenvalue weighted by Gasteiger charge is -2.32. The highest BCUT2D eigenvalue weighted by Gasteiger charge is 2.30. The van der Waals surface area contributed by atoms with Gasteiger partial charge >= 0.3 is 0 Å². The van der Waals surface area contributed by atoms with Gasteiger partial charge in [-0.2, -0.15) is 9.29 Å². The number of aromatic nitrogens is 2. The number of aryl methyl sites for hydroxylation is 2. The molecule has 11 heteroatoms. The Balaban J connectivity index is 1.16. The lowest BCUT2D eigenvalue weighted by Crippen LogP contribution is -2.47. The summed E-state index contributed by atoms with van der Waals surface area (Å²) in [7, 11) is -1.64. The van der Waals surface area contributed by atoms with Crippen LogP contribution in [0.5, 0.6) is 0 Å². The quantitative estimate of drug-likeness (QED) is 0.476. The molecule has 0 spiro atoms. The molecule has 1 N–H and O–H groups in total. The molecule has 0 aliphatic carbocycles. The SMILES string of the molecule is Cc1ccccc1-c1noc(CN2CCC(C(=O)Nc3ccc(C)c(S(=O)(=O)N4CCN(C)CC4)c3)CC2)n1. The predicted molar refractivity (Wildman–Crippen MR) is 149 cm³/mol. The van der Waals surface area contributed by atoms with Gasteiger partial charge in [-0.15, -0.1) is 0 Å². The van der Waals surface area contributed by atoms with Gasteiger partial charge in [0.25, 0.3) is 0 Å². The van der Waals surface area contributed by atoms with Gasteiger partial charge in [-0.1, -0.05) is 35.5 Å². The molecule has 2 aromatic carbocycles. The number of piperazine rings is 1. The molecule has 3 heterocycles.